The van der Waals surface area contributed by atoms with E-state index in [0.29, 0.717) is 18.7 Å². The van der Waals surface area contributed by atoms with Crippen LogP contribution in [0, 0.1) is 0 Å². The molecule has 1 heterocycles. The largest absolute Gasteiger partial charge is 0.494 e. The van der Waals surface area contributed by atoms with Crippen molar-refractivity contribution in [3.05, 3.63) is 41.5 Å². The number of benzene rings is 1. The quantitative estimate of drug-likeness (QED) is 0.569. The molecule has 1 aromatic rings. The van der Waals surface area contributed by atoms with Crippen LogP contribution in [0.2, 0.25) is 0 Å². The molecule has 5 nitrogen and oxygen atoms in total. The van der Waals surface area contributed by atoms with Crippen LogP contribution in [0.4, 0.5) is 0 Å². The van der Waals surface area contributed by atoms with E-state index in [9.17, 15) is 9.59 Å². The normalized spacial score (nSPS) is 14.0. The molecule has 1 aromatic carbocycles. The highest BCUT2D eigenvalue weighted by Crippen LogP contribution is 2.14. The SMILES string of the molecule is CCOc1ccc(C(=O)CCC(=O)NCC2=CCNCC2)cc1. The van der Waals surface area contributed by atoms with Crippen molar-refractivity contribution >= 4 is 11.7 Å². The molecule has 0 bridgehead atoms. The molecule has 0 radical (unpaired) electrons. The highest BCUT2D eigenvalue weighted by molar-refractivity contribution is 5.98. The van der Waals surface area contributed by atoms with Gasteiger partial charge >= 0.3 is 0 Å². The number of nitrogens with one attached hydrogen (secondary N) is 2. The van der Waals surface area contributed by atoms with Gasteiger partial charge in [0.15, 0.2) is 5.78 Å². The third-order valence-electron chi connectivity index (χ3n) is 3.74. The van der Waals surface area contributed by atoms with Crippen molar-refractivity contribution < 1.29 is 14.3 Å². The minimum Gasteiger partial charge on any atom is -0.494 e. The van der Waals surface area contributed by atoms with Gasteiger partial charge in [0.25, 0.3) is 0 Å². The van der Waals surface area contributed by atoms with Gasteiger partial charge in [-0.25, -0.2) is 0 Å². The molecule has 0 spiro atoms. The second-order valence-electron chi connectivity index (χ2n) is 5.47. The van der Waals surface area contributed by atoms with E-state index in [1.54, 1.807) is 24.3 Å². The molecule has 0 saturated heterocycles. The highest BCUT2D eigenvalue weighted by Gasteiger charge is 2.10. The van der Waals surface area contributed by atoms with Crippen LogP contribution in [0.15, 0.2) is 35.9 Å². The van der Waals surface area contributed by atoms with E-state index in [1.165, 1.54) is 5.57 Å². The average molecular weight is 316 g/mol. The summed E-state index contributed by atoms with van der Waals surface area (Å²) in [5.41, 5.74) is 1.86. The molecule has 1 aliphatic heterocycles. The van der Waals surface area contributed by atoms with Crippen molar-refractivity contribution in [1.29, 1.82) is 0 Å². The second kappa shape index (κ2) is 9.10. The monoisotopic (exact) mass is 316 g/mol. The molecule has 0 saturated carbocycles. The van der Waals surface area contributed by atoms with E-state index in [-0.39, 0.29) is 24.5 Å². The smallest absolute Gasteiger partial charge is 0.220 e. The third kappa shape index (κ3) is 5.87. The summed E-state index contributed by atoms with van der Waals surface area (Å²) < 4.78 is 5.34. The average Bonchev–Trinajstić information content (AvgIpc) is 2.59. The lowest BCUT2D eigenvalue weighted by Gasteiger charge is -2.14. The predicted octanol–water partition coefficient (Wildman–Crippen LogP) is 2.08. The summed E-state index contributed by atoms with van der Waals surface area (Å²) in [6.07, 6.45) is 3.51. The Balaban J connectivity index is 1.72. The summed E-state index contributed by atoms with van der Waals surface area (Å²) in [5.74, 6) is 0.644. The molecule has 2 rings (SSSR count). The van der Waals surface area contributed by atoms with Crippen LogP contribution >= 0.6 is 0 Å². The van der Waals surface area contributed by atoms with E-state index in [2.05, 4.69) is 16.7 Å². The van der Waals surface area contributed by atoms with Gasteiger partial charge in [0.05, 0.1) is 6.61 Å². The van der Waals surface area contributed by atoms with Gasteiger partial charge in [-0.2, -0.15) is 0 Å². The number of hydrogen-bond donors (Lipinski definition) is 2. The zero-order chi connectivity index (χ0) is 16.5. The number of carbonyl (C=O) groups is 2. The number of rotatable bonds is 8. The van der Waals surface area contributed by atoms with Crippen LogP contribution in [-0.4, -0.2) is 37.9 Å². The summed E-state index contributed by atoms with van der Waals surface area (Å²) >= 11 is 0. The lowest BCUT2D eigenvalue weighted by molar-refractivity contribution is -0.120. The third-order valence-corrected chi connectivity index (χ3v) is 3.74. The molecule has 124 valence electrons. The molecule has 1 amide bonds. The Labute approximate surface area is 137 Å². The zero-order valence-corrected chi connectivity index (χ0v) is 13.6. The molecular formula is C18H24N2O3. The molecule has 0 atom stereocenters. The Morgan fingerprint density at radius 3 is 2.65 bits per heavy atom. The topological polar surface area (TPSA) is 67.4 Å². The molecular weight excluding hydrogens is 292 g/mol. The molecule has 2 N–H and O–H groups in total. The maximum atomic E-state index is 12.1. The first-order valence-corrected chi connectivity index (χ1v) is 8.10. The van der Waals surface area contributed by atoms with Gasteiger partial charge in [0.2, 0.25) is 5.91 Å². The molecule has 0 aromatic heterocycles. The number of ether oxygens (including phenoxy) is 1. The Morgan fingerprint density at radius 1 is 1.22 bits per heavy atom. The summed E-state index contributed by atoms with van der Waals surface area (Å²) in [4.78, 5) is 23.9. The summed E-state index contributed by atoms with van der Waals surface area (Å²) in [5, 5.41) is 6.11. The van der Waals surface area contributed by atoms with Crippen LogP contribution in [-0.2, 0) is 4.79 Å². The van der Waals surface area contributed by atoms with Gasteiger partial charge in [-0.05, 0) is 44.2 Å². The number of hydrogen-bond acceptors (Lipinski definition) is 4. The minimum absolute atomic E-state index is 0.0238. The fourth-order valence-electron chi connectivity index (χ4n) is 2.41. The maximum absolute atomic E-state index is 12.1. The van der Waals surface area contributed by atoms with Crippen LogP contribution in [0.1, 0.15) is 36.5 Å². The Morgan fingerprint density at radius 2 is 2.00 bits per heavy atom. The number of carbonyl (C=O) groups excluding carboxylic acids is 2. The summed E-state index contributed by atoms with van der Waals surface area (Å²) in [7, 11) is 0. The summed E-state index contributed by atoms with van der Waals surface area (Å²) in [6, 6.07) is 7.04. The molecule has 1 aliphatic rings. The molecule has 0 aliphatic carbocycles. The number of Topliss-reactive ketones (excluding diaryl/α,β-unsaturated/α-hetero) is 1. The molecule has 0 fully saturated rings. The standard InChI is InChI=1S/C18H24N2O3/c1-2-23-16-5-3-15(4-6-16)17(21)7-8-18(22)20-13-14-9-11-19-12-10-14/h3-6,9,19H,2,7-8,10-13H2,1H3,(H,20,22). The van der Waals surface area contributed by atoms with Gasteiger partial charge in [-0.15, -0.1) is 0 Å². The minimum atomic E-state index is -0.0799. The van der Waals surface area contributed by atoms with E-state index in [4.69, 9.17) is 4.74 Å². The van der Waals surface area contributed by atoms with Crippen molar-refractivity contribution in [2.75, 3.05) is 26.2 Å². The molecule has 23 heavy (non-hydrogen) atoms. The van der Waals surface area contributed by atoms with E-state index in [0.717, 1.165) is 25.3 Å². The van der Waals surface area contributed by atoms with Gasteiger partial charge in [0.1, 0.15) is 5.75 Å². The van der Waals surface area contributed by atoms with Crippen molar-refractivity contribution in [1.82, 2.24) is 10.6 Å². The first kappa shape index (κ1) is 17.2. The maximum Gasteiger partial charge on any atom is 0.220 e. The fourth-order valence-corrected chi connectivity index (χ4v) is 2.41. The van der Waals surface area contributed by atoms with Crippen molar-refractivity contribution in [3.63, 3.8) is 0 Å². The van der Waals surface area contributed by atoms with Crippen LogP contribution < -0.4 is 15.4 Å². The summed E-state index contributed by atoms with van der Waals surface area (Å²) in [6.45, 7) is 4.91. The Kier molecular flexibility index (Phi) is 6.81. The van der Waals surface area contributed by atoms with E-state index >= 15 is 0 Å². The number of ketones is 1. The van der Waals surface area contributed by atoms with E-state index in [1.807, 2.05) is 6.92 Å². The number of amides is 1. The highest BCUT2D eigenvalue weighted by atomic mass is 16.5. The van der Waals surface area contributed by atoms with Gasteiger partial charge in [0, 0.05) is 31.5 Å². The first-order chi connectivity index (χ1) is 11.2. The Hall–Kier alpha value is -2.14. The van der Waals surface area contributed by atoms with Gasteiger partial charge in [-0.3, -0.25) is 9.59 Å². The first-order valence-electron chi connectivity index (χ1n) is 8.10. The lowest BCUT2D eigenvalue weighted by Crippen LogP contribution is -2.29. The molecule has 5 heteroatoms. The predicted molar refractivity (Wildman–Crippen MR) is 89.8 cm³/mol. The van der Waals surface area contributed by atoms with Gasteiger partial charge in [-0.1, -0.05) is 11.6 Å². The van der Waals surface area contributed by atoms with Crippen molar-refractivity contribution in [2.24, 2.45) is 0 Å². The van der Waals surface area contributed by atoms with Crippen molar-refractivity contribution in [2.45, 2.75) is 26.2 Å². The van der Waals surface area contributed by atoms with Crippen LogP contribution in [0.25, 0.3) is 0 Å². The van der Waals surface area contributed by atoms with Gasteiger partial charge < -0.3 is 15.4 Å². The fraction of sp³-hybridized carbons (Fsp3) is 0.444. The lowest BCUT2D eigenvalue weighted by atomic mass is 10.1. The molecule has 0 unspecified atom stereocenters. The Bertz CT molecular complexity index is 564. The van der Waals surface area contributed by atoms with Crippen LogP contribution in [0.3, 0.4) is 0 Å². The van der Waals surface area contributed by atoms with Crippen molar-refractivity contribution in [3.8, 4) is 5.75 Å². The van der Waals surface area contributed by atoms with Crippen LogP contribution in [0.5, 0.6) is 5.75 Å². The van der Waals surface area contributed by atoms with E-state index < -0.39 is 0 Å². The zero-order valence-electron chi connectivity index (χ0n) is 13.6. The second-order valence-corrected chi connectivity index (χ2v) is 5.47.